The lowest BCUT2D eigenvalue weighted by Gasteiger charge is -2.09. The number of carbonyl (C=O) groups excluding carboxylic acids is 1. The van der Waals surface area contributed by atoms with Gasteiger partial charge in [-0.2, -0.15) is 0 Å². The Labute approximate surface area is 103 Å². The molecule has 88 valence electrons. The van der Waals surface area contributed by atoms with Crippen LogP contribution in [-0.2, 0) is 0 Å². The van der Waals surface area contributed by atoms with Crippen molar-refractivity contribution in [2.45, 2.75) is 13.0 Å². The molecule has 0 aliphatic heterocycles. The van der Waals surface area contributed by atoms with Gasteiger partial charge in [-0.1, -0.05) is 6.07 Å². The summed E-state index contributed by atoms with van der Waals surface area (Å²) in [5.74, 6) is -0.498. The topological polar surface area (TPSA) is 43.1 Å². The van der Waals surface area contributed by atoms with Crippen LogP contribution in [0.4, 0.5) is 4.39 Å². The zero-order chi connectivity index (χ0) is 12.4. The molecule has 2 rings (SSSR count). The van der Waals surface area contributed by atoms with E-state index in [0.717, 1.165) is 4.88 Å². The second kappa shape index (κ2) is 4.77. The van der Waals surface area contributed by atoms with Gasteiger partial charge in [-0.05, 0) is 42.1 Å². The van der Waals surface area contributed by atoms with E-state index in [1.54, 1.807) is 6.92 Å². The van der Waals surface area contributed by atoms with E-state index in [1.165, 1.54) is 29.5 Å². The number of carbonyl (C=O) groups is 1. The van der Waals surface area contributed by atoms with Crippen molar-refractivity contribution in [3.63, 3.8) is 0 Å². The number of Topliss-reactive ketones (excluding diaryl/α,β-unsaturated/α-hetero) is 1. The smallest absolute Gasteiger partial charge is 0.184 e. The molecule has 0 saturated carbocycles. The summed E-state index contributed by atoms with van der Waals surface area (Å²) in [6.07, 6.45) is 0. The van der Waals surface area contributed by atoms with E-state index in [9.17, 15) is 9.18 Å². The number of rotatable bonds is 3. The van der Waals surface area contributed by atoms with E-state index < -0.39 is 6.04 Å². The van der Waals surface area contributed by atoms with Gasteiger partial charge in [-0.3, -0.25) is 4.79 Å². The van der Waals surface area contributed by atoms with Crippen molar-refractivity contribution >= 4 is 17.1 Å². The maximum atomic E-state index is 13.1. The minimum atomic E-state index is -0.667. The van der Waals surface area contributed by atoms with Crippen LogP contribution in [0.5, 0.6) is 0 Å². The highest BCUT2D eigenvalue weighted by Gasteiger charge is 2.19. The molecule has 2 N–H and O–H groups in total. The van der Waals surface area contributed by atoms with Crippen LogP contribution >= 0.6 is 11.3 Å². The third-order valence-corrected chi connectivity index (χ3v) is 3.53. The summed E-state index contributed by atoms with van der Waals surface area (Å²) < 4.78 is 13.1. The number of aryl methyl sites for hydroxylation is 1. The van der Waals surface area contributed by atoms with Crippen molar-refractivity contribution in [1.29, 1.82) is 0 Å². The molecule has 1 unspecified atom stereocenters. The van der Waals surface area contributed by atoms with Crippen LogP contribution in [0.2, 0.25) is 0 Å². The lowest BCUT2D eigenvalue weighted by Crippen LogP contribution is -2.20. The van der Waals surface area contributed by atoms with E-state index >= 15 is 0 Å². The standard InChI is InChI=1S/C13H12FNOS/c1-8-7-9(4-5-10(8)14)13(16)12(15)11-3-2-6-17-11/h2-7,12H,15H2,1H3. The van der Waals surface area contributed by atoms with Gasteiger partial charge < -0.3 is 5.73 Å². The Kier molecular flexibility index (Phi) is 3.36. The lowest BCUT2D eigenvalue weighted by atomic mass is 10.0. The Morgan fingerprint density at radius 1 is 1.41 bits per heavy atom. The molecule has 2 nitrogen and oxygen atoms in total. The van der Waals surface area contributed by atoms with Gasteiger partial charge in [0.1, 0.15) is 11.9 Å². The van der Waals surface area contributed by atoms with Crippen molar-refractivity contribution in [1.82, 2.24) is 0 Å². The Bertz CT molecular complexity index is 536. The number of hydrogen-bond donors (Lipinski definition) is 1. The quantitative estimate of drug-likeness (QED) is 0.849. The molecular weight excluding hydrogens is 237 g/mol. The SMILES string of the molecule is Cc1cc(C(=O)C(N)c2cccs2)ccc1F. The molecule has 0 saturated heterocycles. The third kappa shape index (κ3) is 2.43. The number of thiophene rings is 1. The minimum Gasteiger partial charge on any atom is -0.317 e. The molecule has 4 heteroatoms. The van der Waals surface area contributed by atoms with Gasteiger partial charge in [-0.15, -0.1) is 11.3 Å². The number of nitrogens with two attached hydrogens (primary N) is 1. The molecule has 0 radical (unpaired) electrons. The second-order valence-corrected chi connectivity index (χ2v) is 4.80. The highest BCUT2D eigenvalue weighted by molar-refractivity contribution is 7.10. The molecule has 1 heterocycles. The average Bonchev–Trinajstić information content (AvgIpc) is 2.84. The fraction of sp³-hybridized carbons (Fsp3) is 0.154. The number of ketones is 1. The molecule has 1 atom stereocenters. The maximum Gasteiger partial charge on any atom is 0.184 e. The molecule has 2 aromatic rings. The highest BCUT2D eigenvalue weighted by atomic mass is 32.1. The van der Waals surface area contributed by atoms with E-state index in [1.807, 2.05) is 17.5 Å². The third-order valence-electron chi connectivity index (χ3n) is 2.57. The summed E-state index contributed by atoms with van der Waals surface area (Å²) >= 11 is 1.44. The predicted octanol–water partition coefficient (Wildman–Crippen LogP) is 3.08. The number of hydrogen-bond acceptors (Lipinski definition) is 3. The summed E-state index contributed by atoms with van der Waals surface area (Å²) in [7, 11) is 0. The largest absolute Gasteiger partial charge is 0.317 e. The van der Waals surface area contributed by atoms with Crippen LogP contribution in [0.3, 0.4) is 0 Å². The van der Waals surface area contributed by atoms with Gasteiger partial charge in [-0.25, -0.2) is 4.39 Å². The van der Waals surface area contributed by atoms with Gasteiger partial charge in [0, 0.05) is 10.4 Å². The predicted molar refractivity (Wildman–Crippen MR) is 66.7 cm³/mol. The first-order chi connectivity index (χ1) is 8.09. The molecular formula is C13H12FNOS. The van der Waals surface area contributed by atoms with Gasteiger partial charge in [0.15, 0.2) is 5.78 Å². The van der Waals surface area contributed by atoms with Crippen LogP contribution in [-0.4, -0.2) is 5.78 Å². The van der Waals surface area contributed by atoms with Crippen molar-refractivity contribution in [3.05, 3.63) is 57.5 Å². The summed E-state index contributed by atoms with van der Waals surface area (Å²) in [5, 5.41) is 1.87. The molecule has 0 amide bonds. The highest BCUT2D eigenvalue weighted by Crippen LogP contribution is 2.21. The molecule has 0 aliphatic carbocycles. The van der Waals surface area contributed by atoms with Gasteiger partial charge in [0.2, 0.25) is 0 Å². The van der Waals surface area contributed by atoms with Crippen LogP contribution in [0, 0.1) is 12.7 Å². The normalized spacial score (nSPS) is 12.4. The summed E-state index contributed by atoms with van der Waals surface area (Å²) in [4.78, 5) is 12.9. The monoisotopic (exact) mass is 249 g/mol. The number of benzene rings is 1. The lowest BCUT2D eigenvalue weighted by molar-refractivity contribution is 0.0962. The molecule has 1 aromatic carbocycles. The maximum absolute atomic E-state index is 13.1. The van der Waals surface area contributed by atoms with E-state index in [-0.39, 0.29) is 11.6 Å². The fourth-order valence-corrected chi connectivity index (χ4v) is 2.30. The van der Waals surface area contributed by atoms with E-state index in [4.69, 9.17) is 5.73 Å². The zero-order valence-corrected chi connectivity index (χ0v) is 10.1. The molecule has 1 aromatic heterocycles. The van der Waals surface area contributed by atoms with Crippen LogP contribution in [0.1, 0.15) is 26.8 Å². The van der Waals surface area contributed by atoms with Crippen LogP contribution in [0.25, 0.3) is 0 Å². The van der Waals surface area contributed by atoms with Crippen molar-refractivity contribution in [3.8, 4) is 0 Å². The zero-order valence-electron chi connectivity index (χ0n) is 9.31. The van der Waals surface area contributed by atoms with E-state index in [0.29, 0.717) is 11.1 Å². The average molecular weight is 249 g/mol. The minimum absolute atomic E-state index is 0.185. The van der Waals surface area contributed by atoms with Crippen LogP contribution < -0.4 is 5.73 Å². The van der Waals surface area contributed by atoms with E-state index in [2.05, 4.69) is 0 Å². The Morgan fingerprint density at radius 2 is 2.18 bits per heavy atom. The molecule has 0 spiro atoms. The molecule has 0 aliphatic rings. The Hall–Kier alpha value is -1.52. The Morgan fingerprint density at radius 3 is 2.76 bits per heavy atom. The van der Waals surface area contributed by atoms with Crippen molar-refractivity contribution in [2.75, 3.05) is 0 Å². The van der Waals surface area contributed by atoms with Crippen molar-refractivity contribution in [2.24, 2.45) is 5.73 Å². The van der Waals surface area contributed by atoms with Gasteiger partial charge >= 0.3 is 0 Å². The summed E-state index contributed by atoms with van der Waals surface area (Å²) in [5.41, 5.74) is 6.77. The second-order valence-electron chi connectivity index (χ2n) is 3.82. The summed E-state index contributed by atoms with van der Waals surface area (Å²) in [6.45, 7) is 1.63. The molecule has 0 fully saturated rings. The van der Waals surface area contributed by atoms with Gasteiger partial charge in [0.05, 0.1) is 0 Å². The molecule has 17 heavy (non-hydrogen) atoms. The summed E-state index contributed by atoms with van der Waals surface area (Å²) in [6, 6.07) is 7.31. The first-order valence-electron chi connectivity index (χ1n) is 5.19. The first-order valence-corrected chi connectivity index (χ1v) is 6.07. The van der Waals surface area contributed by atoms with Crippen LogP contribution in [0.15, 0.2) is 35.7 Å². The number of halogens is 1. The Balaban J connectivity index is 2.28. The molecule has 0 bridgehead atoms. The fourth-order valence-electron chi connectivity index (χ4n) is 1.57. The van der Waals surface area contributed by atoms with Gasteiger partial charge in [0.25, 0.3) is 0 Å². The van der Waals surface area contributed by atoms with Crippen molar-refractivity contribution < 1.29 is 9.18 Å². The first kappa shape index (κ1) is 12.0.